The van der Waals surface area contributed by atoms with Gasteiger partial charge in [0, 0.05) is 0 Å². The van der Waals surface area contributed by atoms with Crippen molar-refractivity contribution in [3.05, 3.63) is 0 Å². The van der Waals surface area contributed by atoms with Gasteiger partial charge in [-0.2, -0.15) is 0 Å². The van der Waals surface area contributed by atoms with E-state index in [0.717, 1.165) is 0 Å². The van der Waals surface area contributed by atoms with Crippen LogP contribution in [0.5, 0.6) is 0 Å². The van der Waals surface area contributed by atoms with Gasteiger partial charge in [-0.15, -0.1) is 0 Å². The zero-order valence-corrected chi connectivity index (χ0v) is 9.05. The lowest BCUT2D eigenvalue weighted by Gasteiger charge is -2.37. The van der Waals surface area contributed by atoms with Crippen LogP contribution in [0.3, 0.4) is 0 Å². The minimum Gasteiger partial charge on any atom is -0.372 e. The zero-order valence-electron chi connectivity index (χ0n) is 9.05. The molecule has 0 bridgehead atoms. The van der Waals surface area contributed by atoms with Crippen LogP contribution in [-0.4, -0.2) is 11.7 Å². The van der Waals surface area contributed by atoms with Crippen LogP contribution in [-0.2, 0) is 4.74 Å². The van der Waals surface area contributed by atoms with Crippen molar-refractivity contribution in [3.8, 4) is 0 Å². The van der Waals surface area contributed by atoms with E-state index in [-0.39, 0.29) is 5.60 Å². The molecule has 0 spiro atoms. The summed E-state index contributed by atoms with van der Waals surface area (Å²) in [7, 11) is 0. The smallest absolute Gasteiger partial charge is 0.0732 e. The summed E-state index contributed by atoms with van der Waals surface area (Å²) in [6.45, 7) is 11.3. The highest BCUT2D eigenvalue weighted by atomic mass is 16.5. The first-order valence-electron chi connectivity index (χ1n) is 5.17. The molecule has 1 aliphatic heterocycles. The molecule has 0 aromatic heterocycles. The van der Waals surface area contributed by atoms with E-state index < -0.39 is 0 Å². The fourth-order valence-electron chi connectivity index (χ4n) is 2.44. The van der Waals surface area contributed by atoms with E-state index in [1.165, 1.54) is 12.8 Å². The predicted molar refractivity (Wildman–Crippen MR) is 52.2 cm³/mol. The lowest BCUT2D eigenvalue weighted by Crippen LogP contribution is -2.40. The topological polar surface area (TPSA) is 9.23 Å². The Morgan fingerprint density at radius 3 is 1.83 bits per heavy atom. The van der Waals surface area contributed by atoms with E-state index in [4.69, 9.17) is 4.74 Å². The van der Waals surface area contributed by atoms with Gasteiger partial charge in [0.25, 0.3) is 0 Å². The van der Waals surface area contributed by atoms with Crippen molar-refractivity contribution < 1.29 is 4.74 Å². The van der Waals surface area contributed by atoms with Gasteiger partial charge in [0.05, 0.1) is 11.7 Å². The molecule has 1 fully saturated rings. The van der Waals surface area contributed by atoms with Crippen LogP contribution in [0.2, 0.25) is 0 Å². The Kier molecular flexibility index (Phi) is 2.82. The fraction of sp³-hybridized carbons (Fsp3) is 1.00. The maximum absolute atomic E-state index is 6.07. The Morgan fingerprint density at radius 1 is 1.17 bits per heavy atom. The Labute approximate surface area is 76.5 Å². The third kappa shape index (κ3) is 1.52. The highest BCUT2D eigenvalue weighted by molar-refractivity contribution is 4.92. The lowest BCUT2D eigenvalue weighted by atomic mass is 9.78. The highest BCUT2D eigenvalue weighted by Crippen LogP contribution is 2.41. The molecule has 1 aliphatic rings. The molecule has 1 rings (SSSR count). The van der Waals surface area contributed by atoms with Crippen LogP contribution < -0.4 is 0 Å². The van der Waals surface area contributed by atoms with E-state index >= 15 is 0 Å². The predicted octanol–water partition coefficient (Wildman–Crippen LogP) is 3.24. The summed E-state index contributed by atoms with van der Waals surface area (Å²) in [5.41, 5.74) is 0.166. The molecule has 72 valence electrons. The van der Waals surface area contributed by atoms with E-state index in [1.807, 2.05) is 0 Å². The molecular formula is C11H22O. The normalized spacial score (nSPS) is 28.8. The molecule has 0 radical (unpaired) electrons. The van der Waals surface area contributed by atoms with Crippen molar-refractivity contribution in [1.82, 2.24) is 0 Å². The van der Waals surface area contributed by atoms with Crippen molar-refractivity contribution in [2.24, 2.45) is 11.8 Å². The van der Waals surface area contributed by atoms with Crippen LogP contribution in [0, 0.1) is 11.8 Å². The summed E-state index contributed by atoms with van der Waals surface area (Å²) in [6, 6.07) is 0. The summed E-state index contributed by atoms with van der Waals surface area (Å²) in [5, 5.41) is 0. The lowest BCUT2D eigenvalue weighted by molar-refractivity contribution is -0.0958. The second-order valence-electron chi connectivity index (χ2n) is 4.73. The molecule has 1 atom stereocenters. The molecule has 1 saturated heterocycles. The number of rotatable bonds is 2. The van der Waals surface area contributed by atoms with Crippen LogP contribution in [0.1, 0.15) is 47.5 Å². The molecule has 0 saturated carbocycles. The number of ether oxygens (including phenoxy) is 1. The second-order valence-corrected chi connectivity index (χ2v) is 4.73. The van der Waals surface area contributed by atoms with E-state index in [1.54, 1.807) is 0 Å². The van der Waals surface area contributed by atoms with Crippen molar-refractivity contribution >= 4 is 0 Å². The summed E-state index contributed by atoms with van der Waals surface area (Å²) >= 11 is 0. The summed E-state index contributed by atoms with van der Waals surface area (Å²) in [6.07, 6.45) is 2.94. The van der Waals surface area contributed by atoms with Gasteiger partial charge >= 0.3 is 0 Å². The summed E-state index contributed by atoms with van der Waals surface area (Å²) in [4.78, 5) is 0. The monoisotopic (exact) mass is 170 g/mol. The molecular weight excluding hydrogens is 148 g/mol. The third-order valence-electron chi connectivity index (χ3n) is 3.32. The van der Waals surface area contributed by atoms with Crippen molar-refractivity contribution in [2.75, 3.05) is 0 Å². The van der Waals surface area contributed by atoms with E-state index in [0.29, 0.717) is 17.9 Å². The molecule has 0 aliphatic carbocycles. The van der Waals surface area contributed by atoms with Crippen LogP contribution in [0.15, 0.2) is 0 Å². The minimum absolute atomic E-state index is 0.166. The first-order valence-corrected chi connectivity index (χ1v) is 5.17. The molecule has 1 nitrogen and oxygen atoms in total. The molecule has 0 N–H and O–H groups in total. The number of hydrogen-bond acceptors (Lipinski definition) is 1. The molecule has 1 heteroatoms. The van der Waals surface area contributed by atoms with Gasteiger partial charge in [0.15, 0.2) is 0 Å². The van der Waals surface area contributed by atoms with Gasteiger partial charge in [-0.1, -0.05) is 27.7 Å². The van der Waals surface area contributed by atoms with Crippen molar-refractivity contribution in [3.63, 3.8) is 0 Å². The van der Waals surface area contributed by atoms with Crippen LogP contribution >= 0.6 is 0 Å². The first kappa shape index (κ1) is 10.0. The molecule has 0 unspecified atom stereocenters. The van der Waals surface area contributed by atoms with Crippen LogP contribution in [0.25, 0.3) is 0 Å². The van der Waals surface area contributed by atoms with Gasteiger partial charge in [-0.05, 0) is 31.6 Å². The molecule has 0 amide bonds. The van der Waals surface area contributed by atoms with Gasteiger partial charge in [-0.3, -0.25) is 0 Å². The molecule has 0 aromatic carbocycles. The quantitative estimate of drug-likeness (QED) is 0.618. The van der Waals surface area contributed by atoms with Gasteiger partial charge < -0.3 is 4.74 Å². The third-order valence-corrected chi connectivity index (χ3v) is 3.32. The summed E-state index contributed by atoms with van der Waals surface area (Å²) in [5.74, 6) is 1.28. The number of hydrogen-bond donors (Lipinski definition) is 0. The average molecular weight is 170 g/mol. The molecule has 12 heavy (non-hydrogen) atoms. The van der Waals surface area contributed by atoms with Crippen molar-refractivity contribution in [1.29, 1.82) is 0 Å². The Morgan fingerprint density at radius 2 is 1.67 bits per heavy atom. The fourth-order valence-corrected chi connectivity index (χ4v) is 2.44. The van der Waals surface area contributed by atoms with E-state index in [9.17, 15) is 0 Å². The second kappa shape index (κ2) is 3.37. The van der Waals surface area contributed by atoms with Gasteiger partial charge in [0.2, 0.25) is 0 Å². The maximum atomic E-state index is 6.07. The Hall–Kier alpha value is -0.0400. The summed E-state index contributed by atoms with van der Waals surface area (Å²) < 4.78 is 6.07. The van der Waals surface area contributed by atoms with Gasteiger partial charge in [0.1, 0.15) is 0 Å². The van der Waals surface area contributed by atoms with E-state index in [2.05, 4.69) is 34.6 Å². The minimum atomic E-state index is 0.166. The largest absolute Gasteiger partial charge is 0.372 e. The van der Waals surface area contributed by atoms with Crippen molar-refractivity contribution in [2.45, 2.75) is 59.2 Å². The molecule has 1 heterocycles. The Bertz CT molecular complexity index is 141. The zero-order chi connectivity index (χ0) is 9.35. The first-order chi connectivity index (χ1) is 5.49. The SMILES string of the molecule is CC(C)C1(C(C)C)CC[C@@H](C)O1. The van der Waals surface area contributed by atoms with Gasteiger partial charge in [-0.25, -0.2) is 0 Å². The Balaban J connectivity index is 2.75. The average Bonchev–Trinajstić information content (AvgIpc) is 2.32. The van der Waals surface area contributed by atoms with Crippen LogP contribution in [0.4, 0.5) is 0 Å². The standard InChI is InChI=1S/C11H22O/c1-8(2)11(9(3)4)7-6-10(5)12-11/h8-10H,6-7H2,1-5H3/t10-/m1/s1. The maximum Gasteiger partial charge on any atom is 0.0732 e. The highest BCUT2D eigenvalue weighted by Gasteiger charge is 2.43. The molecule has 0 aromatic rings.